The summed E-state index contributed by atoms with van der Waals surface area (Å²) in [5.41, 5.74) is -1.30. The van der Waals surface area contributed by atoms with Crippen molar-refractivity contribution in [3.63, 3.8) is 0 Å². The van der Waals surface area contributed by atoms with Crippen molar-refractivity contribution in [3.8, 4) is 6.07 Å². The second-order valence-corrected chi connectivity index (χ2v) is 6.84. The summed E-state index contributed by atoms with van der Waals surface area (Å²) >= 11 is 0. The molecule has 0 aromatic heterocycles. The van der Waals surface area contributed by atoms with E-state index in [1.54, 1.807) is 0 Å². The van der Waals surface area contributed by atoms with Gasteiger partial charge in [-0.1, -0.05) is 26.7 Å². The molecule has 0 bridgehead atoms. The van der Waals surface area contributed by atoms with E-state index in [2.05, 4.69) is 19.9 Å². The summed E-state index contributed by atoms with van der Waals surface area (Å²) in [5.74, 6) is 0.268. The van der Waals surface area contributed by atoms with Gasteiger partial charge in [0.15, 0.2) is 6.29 Å². The fourth-order valence-electron chi connectivity index (χ4n) is 3.25. The lowest BCUT2D eigenvalue weighted by molar-refractivity contribution is -0.228. The number of carbonyl (C=O) groups is 1. The number of esters is 1. The molecule has 1 aliphatic heterocycles. The van der Waals surface area contributed by atoms with Crippen LogP contribution in [-0.2, 0) is 19.0 Å². The molecule has 0 aromatic rings. The van der Waals surface area contributed by atoms with Gasteiger partial charge in [-0.2, -0.15) is 5.26 Å². The summed E-state index contributed by atoms with van der Waals surface area (Å²) in [6.07, 6.45) is 7.68. The average Bonchev–Trinajstić information content (AvgIpc) is 2.61. The van der Waals surface area contributed by atoms with Crippen molar-refractivity contribution in [2.75, 3.05) is 13.2 Å². The zero-order valence-corrected chi connectivity index (χ0v) is 14.4. The molecule has 23 heavy (non-hydrogen) atoms. The molecule has 0 radical (unpaired) electrons. The van der Waals surface area contributed by atoms with Crippen molar-refractivity contribution in [1.82, 2.24) is 0 Å². The van der Waals surface area contributed by atoms with Gasteiger partial charge in [0.2, 0.25) is 5.41 Å². The number of hydrogen-bond donors (Lipinski definition) is 0. The summed E-state index contributed by atoms with van der Waals surface area (Å²) in [6, 6.07) is 2.08. The molecule has 1 saturated heterocycles. The number of nitrogens with zero attached hydrogens (tertiary/aromatic N) is 1. The Morgan fingerprint density at radius 1 is 1.22 bits per heavy atom. The highest BCUT2D eigenvalue weighted by atomic mass is 16.7. The van der Waals surface area contributed by atoms with Crippen LogP contribution in [0.15, 0.2) is 0 Å². The molecule has 1 saturated carbocycles. The number of rotatable bonds is 6. The van der Waals surface area contributed by atoms with E-state index < -0.39 is 11.4 Å². The van der Waals surface area contributed by atoms with E-state index in [9.17, 15) is 10.1 Å². The molecule has 2 rings (SSSR count). The molecule has 0 aromatic carbocycles. The minimum absolute atomic E-state index is 0.0617. The van der Waals surface area contributed by atoms with Crippen molar-refractivity contribution in [1.29, 1.82) is 5.26 Å². The van der Waals surface area contributed by atoms with Crippen LogP contribution in [0.25, 0.3) is 0 Å². The molecule has 1 heterocycles. The summed E-state index contributed by atoms with van der Waals surface area (Å²) in [6.45, 7) is 4.45. The van der Waals surface area contributed by atoms with Crippen LogP contribution in [-0.4, -0.2) is 31.6 Å². The van der Waals surface area contributed by atoms with Crippen LogP contribution < -0.4 is 0 Å². The second-order valence-electron chi connectivity index (χ2n) is 6.84. The van der Waals surface area contributed by atoms with E-state index in [1.165, 1.54) is 6.42 Å². The normalized spacial score (nSPS) is 34.6. The second kappa shape index (κ2) is 8.65. The third-order valence-electron chi connectivity index (χ3n) is 5.07. The molecule has 0 unspecified atom stereocenters. The lowest BCUT2D eigenvalue weighted by Crippen LogP contribution is -2.48. The van der Waals surface area contributed by atoms with Gasteiger partial charge in [-0.05, 0) is 44.4 Å². The first kappa shape index (κ1) is 18.2. The van der Waals surface area contributed by atoms with Gasteiger partial charge in [0.25, 0.3) is 0 Å². The first-order valence-electron chi connectivity index (χ1n) is 8.99. The molecular weight excluding hydrogens is 294 g/mol. The molecule has 2 fully saturated rings. The smallest absolute Gasteiger partial charge is 0.331 e. The Hall–Kier alpha value is -1.12. The highest BCUT2D eigenvalue weighted by Gasteiger charge is 2.46. The van der Waals surface area contributed by atoms with Crippen molar-refractivity contribution < 1.29 is 19.0 Å². The number of unbranched alkanes of at least 4 members (excludes halogenated alkanes) is 1. The van der Waals surface area contributed by atoms with E-state index in [4.69, 9.17) is 14.2 Å². The van der Waals surface area contributed by atoms with Gasteiger partial charge in [-0.25, -0.2) is 0 Å². The molecule has 0 N–H and O–H groups in total. The fourth-order valence-corrected chi connectivity index (χ4v) is 3.25. The highest BCUT2D eigenvalue weighted by molar-refractivity contribution is 5.80. The van der Waals surface area contributed by atoms with Crippen LogP contribution in [0, 0.1) is 22.7 Å². The number of nitriles is 1. The van der Waals surface area contributed by atoms with Crippen LogP contribution in [0.3, 0.4) is 0 Å². The van der Waals surface area contributed by atoms with E-state index in [1.807, 2.05) is 0 Å². The maximum atomic E-state index is 12.5. The van der Waals surface area contributed by atoms with Crippen molar-refractivity contribution in [3.05, 3.63) is 0 Å². The molecule has 5 nitrogen and oxygen atoms in total. The Morgan fingerprint density at radius 2 is 1.87 bits per heavy atom. The predicted molar refractivity (Wildman–Crippen MR) is 85.4 cm³/mol. The largest absolute Gasteiger partial charge is 0.461 e. The van der Waals surface area contributed by atoms with Crippen LogP contribution in [0.1, 0.15) is 65.2 Å². The third kappa shape index (κ3) is 4.68. The quantitative estimate of drug-likeness (QED) is 0.699. The van der Waals surface area contributed by atoms with Crippen molar-refractivity contribution in [2.45, 2.75) is 77.6 Å². The molecule has 2 aliphatic rings. The van der Waals surface area contributed by atoms with Crippen LogP contribution in [0.5, 0.6) is 0 Å². The first-order chi connectivity index (χ1) is 11.1. The van der Waals surface area contributed by atoms with E-state index in [0.29, 0.717) is 0 Å². The number of hydrogen-bond acceptors (Lipinski definition) is 5. The first-order valence-corrected chi connectivity index (χ1v) is 8.99. The summed E-state index contributed by atoms with van der Waals surface area (Å²) < 4.78 is 16.8. The number of carbonyl (C=O) groups excluding carboxylic acids is 1. The topological polar surface area (TPSA) is 68.5 Å². The summed E-state index contributed by atoms with van der Waals surface area (Å²) in [7, 11) is 0. The maximum absolute atomic E-state index is 12.5. The minimum atomic E-state index is -1.30. The summed E-state index contributed by atoms with van der Waals surface area (Å²) in [4.78, 5) is 12.5. The zero-order valence-electron chi connectivity index (χ0n) is 14.4. The van der Waals surface area contributed by atoms with Crippen LogP contribution in [0.4, 0.5) is 0 Å². The maximum Gasteiger partial charge on any atom is 0.331 e. The predicted octanol–water partition coefficient (Wildman–Crippen LogP) is 3.57. The molecule has 0 spiro atoms. The Kier molecular flexibility index (Phi) is 6.86. The molecule has 0 atom stereocenters. The number of ether oxygens (including phenoxy) is 3. The zero-order chi connectivity index (χ0) is 16.7. The van der Waals surface area contributed by atoms with E-state index in [0.717, 1.165) is 50.9 Å². The van der Waals surface area contributed by atoms with Crippen molar-refractivity contribution >= 4 is 5.97 Å². The molecular formula is C18H29NO4. The van der Waals surface area contributed by atoms with Crippen LogP contribution >= 0.6 is 0 Å². The Balaban J connectivity index is 1.84. The van der Waals surface area contributed by atoms with Crippen molar-refractivity contribution in [2.24, 2.45) is 11.3 Å². The van der Waals surface area contributed by atoms with Gasteiger partial charge in [-0.15, -0.1) is 0 Å². The van der Waals surface area contributed by atoms with Gasteiger partial charge in [0.05, 0.1) is 19.3 Å². The Labute approximate surface area is 139 Å². The van der Waals surface area contributed by atoms with Gasteiger partial charge in [0, 0.05) is 0 Å². The third-order valence-corrected chi connectivity index (χ3v) is 5.07. The molecule has 1 aliphatic carbocycles. The van der Waals surface area contributed by atoms with Crippen LogP contribution in [0.2, 0.25) is 0 Å². The highest BCUT2D eigenvalue weighted by Crippen LogP contribution is 2.32. The van der Waals surface area contributed by atoms with Gasteiger partial charge in [-0.3, -0.25) is 4.79 Å². The lowest BCUT2D eigenvalue weighted by atomic mass is 9.85. The van der Waals surface area contributed by atoms with Gasteiger partial charge in [0.1, 0.15) is 6.10 Å². The van der Waals surface area contributed by atoms with E-state index >= 15 is 0 Å². The van der Waals surface area contributed by atoms with Gasteiger partial charge < -0.3 is 14.2 Å². The lowest BCUT2D eigenvalue weighted by Gasteiger charge is -2.35. The van der Waals surface area contributed by atoms with E-state index in [-0.39, 0.29) is 25.6 Å². The Bertz CT molecular complexity index is 415. The average molecular weight is 323 g/mol. The monoisotopic (exact) mass is 323 g/mol. The summed E-state index contributed by atoms with van der Waals surface area (Å²) in [5, 5.41) is 9.47. The fraction of sp³-hybridized carbons (Fsp3) is 0.889. The molecule has 0 amide bonds. The van der Waals surface area contributed by atoms with Gasteiger partial charge >= 0.3 is 5.97 Å². The minimum Gasteiger partial charge on any atom is -0.461 e. The molecule has 130 valence electrons. The standard InChI is InChI=1S/C18H29NO4/c1-3-5-6-16-21-12-18(11-19,13-22-16)17(20)23-15-9-7-14(4-2)8-10-15/h14-16H,3-10,12-13H2,1-2H3/t14?,15?,16-,18+. The molecule has 5 heteroatoms. The Morgan fingerprint density at radius 3 is 2.39 bits per heavy atom. The SMILES string of the molecule is CCCC[C@H]1OC[C@@](C#N)(C(=O)OC2CCC(CC)CC2)CO1.